The van der Waals surface area contributed by atoms with Crippen molar-refractivity contribution in [2.75, 3.05) is 11.4 Å². The molecule has 0 saturated carbocycles. The molecule has 2 rings (SSSR count). The zero-order valence-corrected chi connectivity index (χ0v) is 16.7. The zero-order valence-electron chi connectivity index (χ0n) is 16.7. The van der Waals surface area contributed by atoms with Gasteiger partial charge in [-0.15, -0.1) is 0 Å². The summed E-state index contributed by atoms with van der Waals surface area (Å²) in [6.07, 6.45) is -5.40. The van der Waals surface area contributed by atoms with Crippen LogP contribution in [0.1, 0.15) is 45.2 Å². The van der Waals surface area contributed by atoms with E-state index in [4.69, 9.17) is 5.11 Å². The summed E-state index contributed by atoms with van der Waals surface area (Å²) in [6.45, 7) is 4.64. The van der Waals surface area contributed by atoms with Crippen LogP contribution >= 0.6 is 0 Å². The second-order valence-corrected chi connectivity index (χ2v) is 7.89. The quantitative estimate of drug-likeness (QED) is 0.671. The molecule has 1 aliphatic rings. The van der Waals surface area contributed by atoms with Gasteiger partial charge in [-0.2, -0.15) is 13.2 Å². The van der Waals surface area contributed by atoms with Gasteiger partial charge in [0.25, 0.3) is 0 Å². The number of aliphatic carboxylic acids is 1. The lowest BCUT2D eigenvalue weighted by molar-refractivity contribution is -0.140. The van der Waals surface area contributed by atoms with E-state index in [0.717, 1.165) is 13.8 Å². The number of halogens is 5. The van der Waals surface area contributed by atoms with Gasteiger partial charge in [0.15, 0.2) is 0 Å². The number of nitrogens with zero attached hydrogens (tertiary/aromatic N) is 1. The Kier molecular flexibility index (Phi) is 6.16. The number of hydrogen-bond acceptors (Lipinski definition) is 3. The third-order valence-corrected chi connectivity index (χ3v) is 5.21. The highest BCUT2D eigenvalue weighted by molar-refractivity contribution is 6.10. The summed E-state index contributed by atoms with van der Waals surface area (Å²) in [7, 11) is 0. The fourth-order valence-electron chi connectivity index (χ4n) is 3.39. The molecule has 1 aliphatic heterocycles. The lowest BCUT2D eigenvalue weighted by Gasteiger charge is -2.23. The second-order valence-electron chi connectivity index (χ2n) is 7.89. The Hall–Kier alpha value is -2.72. The number of hydrogen-bond donors (Lipinski definition) is 2. The van der Waals surface area contributed by atoms with Crippen molar-refractivity contribution in [1.29, 1.82) is 0 Å². The average Bonchev–Trinajstić information content (AvgIpc) is 2.77. The van der Waals surface area contributed by atoms with Crippen LogP contribution in [0.3, 0.4) is 0 Å². The van der Waals surface area contributed by atoms with E-state index < -0.39 is 76.3 Å². The van der Waals surface area contributed by atoms with Gasteiger partial charge >= 0.3 is 12.1 Å². The number of alkyl halides is 3. The first-order valence-corrected chi connectivity index (χ1v) is 9.01. The first kappa shape index (κ1) is 23.6. The molecule has 0 bridgehead atoms. The van der Waals surface area contributed by atoms with Crippen molar-refractivity contribution in [3.05, 3.63) is 28.8 Å². The van der Waals surface area contributed by atoms with Gasteiger partial charge in [0, 0.05) is 18.0 Å². The number of benzene rings is 1. The van der Waals surface area contributed by atoms with Crippen LogP contribution in [0, 0.1) is 17.6 Å². The standard InChI is InChI=1S/C19H21F5N2O4/c1-8(5-13(28)29)9(2)25-12(27)7-26-16-11(20)6-10(19(22,23)24)15(21)14(16)18(3,4)17(26)30/h6,8-9H,5,7H2,1-4H3,(H,25,27)(H,28,29)/t8-,9-/m1/s1. The van der Waals surface area contributed by atoms with E-state index in [1.165, 1.54) is 6.92 Å². The van der Waals surface area contributed by atoms with Crippen LogP contribution in [0.5, 0.6) is 0 Å². The van der Waals surface area contributed by atoms with E-state index in [2.05, 4.69) is 5.32 Å². The van der Waals surface area contributed by atoms with Gasteiger partial charge in [0.2, 0.25) is 11.8 Å². The molecule has 1 aromatic rings. The van der Waals surface area contributed by atoms with Crippen LogP contribution in [-0.2, 0) is 26.0 Å². The number of carbonyl (C=O) groups is 3. The molecular formula is C19H21F5N2O4. The Morgan fingerprint density at radius 1 is 1.23 bits per heavy atom. The van der Waals surface area contributed by atoms with E-state index in [1.54, 1.807) is 6.92 Å². The molecule has 0 aromatic heterocycles. The largest absolute Gasteiger partial charge is 0.481 e. The topological polar surface area (TPSA) is 86.7 Å². The molecule has 0 spiro atoms. The van der Waals surface area contributed by atoms with E-state index in [0.29, 0.717) is 4.90 Å². The predicted octanol–water partition coefficient (Wildman–Crippen LogP) is 3.22. The highest BCUT2D eigenvalue weighted by atomic mass is 19.4. The first-order chi connectivity index (χ1) is 13.6. The molecule has 0 unspecified atom stereocenters. The zero-order chi connectivity index (χ0) is 23.2. The molecule has 0 fully saturated rings. The van der Waals surface area contributed by atoms with Crippen molar-refractivity contribution in [3.63, 3.8) is 0 Å². The maximum atomic E-state index is 14.6. The number of carbonyl (C=O) groups excluding carboxylic acids is 2. The predicted molar refractivity (Wildman–Crippen MR) is 95.8 cm³/mol. The van der Waals surface area contributed by atoms with Crippen molar-refractivity contribution in [3.8, 4) is 0 Å². The number of amides is 2. The molecule has 1 heterocycles. The number of fused-ring (bicyclic) bond motifs is 1. The van der Waals surface area contributed by atoms with Gasteiger partial charge in [0.05, 0.1) is 16.7 Å². The minimum absolute atomic E-state index is 0.0364. The Morgan fingerprint density at radius 3 is 2.30 bits per heavy atom. The third-order valence-electron chi connectivity index (χ3n) is 5.21. The first-order valence-electron chi connectivity index (χ1n) is 9.01. The molecule has 0 radical (unpaired) electrons. The molecule has 2 N–H and O–H groups in total. The van der Waals surface area contributed by atoms with Crippen molar-refractivity contribution >= 4 is 23.5 Å². The molecule has 1 aromatic carbocycles. The lowest BCUT2D eigenvalue weighted by Crippen LogP contribution is -2.46. The minimum Gasteiger partial charge on any atom is -0.481 e. The van der Waals surface area contributed by atoms with Crippen molar-refractivity contribution in [1.82, 2.24) is 5.32 Å². The van der Waals surface area contributed by atoms with Crippen LogP contribution in [-0.4, -0.2) is 35.5 Å². The number of nitrogens with one attached hydrogen (secondary N) is 1. The third kappa shape index (κ3) is 4.24. The van der Waals surface area contributed by atoms with Gasteiger partial charge in [-0.05, 0) is 32.8 Å². The number of rotatable bonds is 6. The summed E-state index contributed by atoms with van der Waals surface area (Å²) < 4.78 is 68.4. The van der Waals surface area contributed by atoms with E-state index in [9.17, 15) is 36.3 Å². The van der Waals surface area contributed by atoms with Crippen molar-refractivity contribution in [2.45, 2.75) is 51.7 Å². The Morgan fingerprint density at radius 2 is 1.80 bits per heavy atom. The second kappa shape index (κ2) is 7.84. The lowest BCUT2D eigenvalue weighted by atomic mass is 9.84. The minimum atomic E-state index is -5.17. The van der Waals surface area contributed by atoms with E-state index in [1.807, 2.05) is 0 Å². The molecule has 166 valence electrons. The molecule has 0 aliphatic carbocycles. The SMILES string of the molecule is C[C@H](CC(=O)O)[C@@H](C)NC(=O)CN1C(=O)C(C)(C)c2c(F)c(C(F)(F)F)cc(F)c21. The number of carboxylic acid groups (broad SMARTS) is 1. The molecule has 6 nitrogen and oxygen atoms in total. The highest BCUT2D eigenvalue weighted by Crippen LogP contribution is 2.47. The Bertz CT molecular complexity index is 898. The molecule has 11 heteroatoms. The normalized spacial score (nSPS) is 17.5. The van der Waals surface area contributed by atoms with Crippen LogP contribution in [0.2, 0.25) is 0 Å². The van der Waals surface area contributed by atoms with Gasteiger partial charge in [-0.25, -0.2) is 8.78 Å². The molecule has 2 atom stereocenters. The summed E-state index contributed by atoms with van der Waals surface area (Å²) in [5, 5.41) is 11.3. The van der Waals surface area contributed by atoms with Crippen LogP contribution < -0.4 is 10.2 Å². The smallest absolute Gasteiger partial charge is 0.419 e. The molecule has 2 amide bonds. The van der Waals surface area contributed by atoms with Gasteiger partial charge in [-0.1, -0.05) is 6.92 Å². The highest BCUT2D eigenvalue weighted by Gasteiger charge is 2.51. The summed E-state index contributed by atoms with van der Waals surface area (Å²) in [5.74, 6) is -6.51. The maximum absolute atomic E-state index is 14.6. The fraction of sp³-hybridized carbons (Fsp3) is 0.526. The van der Waals surface area contributed by atoms with Crippen molar-refractivity contribution < 1.29 is 41.4 Å². The summed E-state index contributed by atoms with van der Waals surface area (Å²) in [4.78, 5) is 36.4. The maximum Gasteiger partial charge on any atom is 0.419 e. The van der Waals surface area contributed by atoms with Crippen LogP contribution in [0.25, 0.3) is 0 Å². The average molecular weight is 436 g/mol. The van der Waals surface area contributed by atoms with Crippen molar-refractivity contribution in [2.24, 2.45) is 5.92 Å². The molecule has 0 saturated heterocycles. The molecule has 30 heavy (non-hydrogen) atoms. The van der Waals surface area contributed by atoms with Crippen LogP contribution in [0.4, 0.5) is 27.6 Å². The fourth-order valence-corrected chi connectivity index (χ4v) is 3.39. The Labute approximate surface area is 169 Å². The van der Waals surface area contributed by atoms with E-state index in [-0.39, 0.29) is 12.5 Å². The number of anilines is 1. The van der Waals surface area contributed by atoms with Gasteiger partial charge < -0.3 is 10.4 Å². The van der Waals surface area contributed by atoms with Gasteiger partial charge in [0.1, 0.15) is 18.2 Å². The van der Waals surface area contributed by atoms with Crippen LogP contribution in [0.15, 0.2) is 6.07 Å². The van der Waals surface area contributed by atoms with Gasteiger partial charge in [-0.3, -0.25) is 19.3 Å². The Balaban J connectivity index is 2.37. The summed E-state index contributed by atoms with van der Waals surface area (Å²) >= 11 is 0. The summed E-state index contributed by atoms with van der Waals surface area (Å²) in [6, 6.07) is -0.654. The van der Waals surface area contributed by atoms with E-state index >= 15 is 0 Å². The number of carboxylic acids is 1. The monoisotopic (exact) mass is 436 g/mol. The molecular weight excluding hydrogens is 415 g/mol. The summed E-state index contributed by atoms with van der Waals surface area (Å²) in [5.41, 5.74) is -5.14.